The molecule has 1 aromatic heterocycles. The van der Waals surface area contributed by atoms with Crippen LogP contribution < -0.4 is 11.0 Å². The Balaban J connectivity index is 1.63. The van der Waals surface area contributed by atoms with Crippen molar-refractivity contribution in [2.75, 3.05) is 18.5 Å². The maximum Gasteiger partial charge on any atom is 0.355 e. The van der Waals surface area contributed by atoms with Gasteiger partial charge >= 0.3 is 11.7 Å². The van der Waals surface area contributed by atoms with Crippen molar-refractivity contribution in [2.24, 2.45) is 10.9 Å². The first kappa shape index (κ1) is 27.1. The number of aryl methyl sites for hydroxylation is 1. The highest BCUT2D eigenvalue weighted by molar-refractivity contribution is 6.05. The van der Waals surface area contributed by atoms with E-state index in [1.807, 2.05) is 92.7 Å². The molecule has 0 saturated carbocycles. The zero-order valence-electron chi connectivity index (χ0n) is 22.9. The molecule has 0 saturated heterocycles. The van der Waals surface area contributed by atoms with E-state index < -0.39 is 17.5 Å². The molecule has 3 aromatic carbocycles. The number of carbonyl (C=O) groups is 1. The van der Waals surface area contributed by atoms with E-state index >= 15 is 0 Å². The molecule has 0 amide bonds. The molecule has 0 aliphatic carbocycles. The quantitative estimate of drug-likeness (QED) is 0.197. The first-order chi connectivity index (χ1) is 19.6. The summed E-state index contributed by atoms with van der Waals surface area (Å²) in [4.78, 5) is 36.5. The molecule has 0 bridgehead atoms. The normalized spacial score (nSPS) is 16.1. The maximum absolute atomic E-state index is 13.5. The molecule has 2 atom stereocenters. The van der Waals surface area contributed by atoms with Gasteiger partial charge in [-0.15, -0.1) is 0 Å². The topological polar surface area (TPSA) is 85.6 Å². The molecule has 40 heavy (non-hydrogen) atoms. The fourth-order valence-corrected chi connectivity index (χ4v) is 5.27. The number of ether oxygens (including phenoxy) is 1. The number of nitrogens with zero attached hydrogens (tertiary/aromatic N) is 3. The van der Waals surface area contributed by atoms with Crippen LogP contribution in [0.5, 0.6) is 0 Å². The smallest absolute Gasteiger partial charge is 0.355 e. The van der Waals surface area contributed by atoms with Crippen molar-refractivity contribution in [1.82, 2.24) is 9.55 Å². The Morgan fingerprint density at radius 2 is 1.60 bits per heavy atom. The van der Waals surface area contributed by atoms with Crippen molar-refractivity contribution in [3.63, 3.8) is 0 Å². The summed E-state index contributed by atoms with van der Waals surface area (Å²) in [5.74, 6) is -0.455. The zero-order valence-corrected chi connectivity index (χ0v) is 22.9. The Hall–Kier alpha value is -4.52. The molecule has 7 nitrogen and oxygen atoms in total. The lowest BCUT2D eigenvalue weighted by Gasteiger charge is -2.33. The van der Waals surface area contributed by atoms with E-state index in [2.05, 4.69) is 22.4 Å². The molecule has 2 unspecified atom stereocenters. The van der Waals surface area contributed by atoms with Gasteiger partial charge in [0.2, 0.25) is 0 Å². The van der Waals surface area contributed by atoms with Gasteiger partial charge in [0.1, 0.15) is 17.6 Å². The van der Waals surface area contributed by atoms with E-state index in [0.29, 0.717) is 36.2 Å². The summed E-state index contributed by atoms with van der Waals surface area (Å²) in [7, 11) is 0. The van der Waals surface area contributed by atoms with Gasteiger partial charge in [-0.2, -0.15) is 4.98 Å². The van der Waals surface area contributed by atoms with Crippen molar-refractivity contribution in [2.45, 2.75) is 39.0 Å². The first-order valence-corrected chi connectivity index (χ1v) is 13.9. The molecule has 1 aliphatic heterocycles. The molecule has 1 N–H and O–H groups in total. The zero-order chi connectivity index (χ0) is 27.9. The highest BCUT2D eigenvalue weighted by Gasteiger charge is 2.42. The summed E-state index contributed by atoms with van der Waals surface area (Å²) in [6.07, 6.45) is 2.47. The average Bonchev–Trinajstić information content (AvgIpc) is 2.98. The van der Waals surface area contributed by atoms with Gasteiger partial charge in [-0.25, -0.2) is 14.4 Å². The third-order valence-electron chi connectivity index (χ3n) is 7.14. The number of esters is 1. The number of nitrogens with one attached hydrogen (secondary N) is 1. The van der Waals surface area contributed by atoms with Crippen molar-refractivity contribution < 1.29 is 9.53 Å². The van der Waals surface area contributed by atoms with Crippen molar-refractivity contribution in [1.29, 1.82) is 0 Å². The van der Waals surface area contributed by atoms with Crippen LogP contribution in [0.3, 0.4) is 0 Å². The minimum atomic E-state index is -0.644. The number of carbonyl (C=O) groups excluding carboxylic acids is 1. The molecule has 4 aromatic rings. The summed E-state index contributed by atoms with van der Waals surface area (Å²) >= 11 is 0. The largest absolute Gasteiger partial charge is 0.465 e. The highest BCUT2D eigenvalue weighted by atomic mass is 16.5. The van der Waals surface area contributed by atoms with Crippen LogP contribution in [0.4, 0.5) is 11.6 Å². The lowest BCUT2D eigenvalue weighted by atomic mass is 9.76. The predicted molar refractivity (Wildman–Crippen MR) is 159 cm³/mol. The molecule has 1 aliphatic rings. The Bertz CT molecular complexity index is 1530. The molecule has 204 valence electrons. The van der Waals surface area contributed by atoms with Crippen LogP contribution in [0.1, 0.15) is 49.3 Å². The predicted octanol–water partition coefficient (Wildman–Crippen LogP) is 6.08. The standard InChI is InChI=1S/C33H34N4O3/c1-3-22-40-32(38)27-23(2)35-31-29(28(27)25-17-9-5-10-18-25)30(34-21-13-16-24-14-7-4-8-15-24)36-33(39)37(31)26-19-11-6-12-20-26/h4-12,14-15,17-20,27-28H,3,13,16,21-22H2,1-2H3,(H,34,36,39). The number of aliphatic imine (C=N–C) groups is 1. The second-order valence-corrected chi connectivity index (χ2v) is 9.95. The van der Waals surface area contributed by atoms with Crippen molar-refractivity contribution in [3.05, 3.63) is 118 Å². The van der Waals surface area contributed by atoms with E-state index in [1.165, 1.54) is 10.1 Å². The van der Waals surface area contributed by atoms with Gasteiger partial charge in [0, 0.05) is 23.7 Å². The summed E-state index contributed by atoms with van der Waals surface area (Å²) in [6, 6.07) is 29.5. The van der Waals surface area contributed by atoms with Crippen LogP contribution in [0.15, 0.2) is 101 Å². The van der Waals surface area contributed by atoms with E-state index in [4.69, 9.17) is 9.73 Å². The molecule has 0 spiro atoms. The Labute approximate surface area is 234 Å². The lowest BCUT2D eigenvalue weighted by Crippen LogP contribution is -2.37. The molecule has 7 heteroatoms. The minimum Gasteiger partial charge on any atom is -0.465 e. The molecular formula is C33H34N4O3. The van der Waals surface area contributed by atoms with Crippen LogP contribution in [0.25, 0.3) is 5.69 Å². The van der Waals surface area contributed by atoms with E-state index in [9.17, 15) is 9.59 Å². The number of para-hydroxylation sites is 1. The Kier molecular flexibility index (Phi) is 8.50. The average molecular weight is 535 g/mol. The van der Waals surface area contributed by atoms with Crippen LogP contribution in [0.2, 0.25) is 0 Å². The number of rotatable bonds is 10. The van der Waals surface area contributed by atoms with E-state index in [-0.39, 0.29) is 5.97 Å². The van der Waals surface area contributed by atoms with Gasteiger partial charge in [0.25, 0.3) is 0 Å². The number of aromatic nitrogens is 2. The second kappa shape index (κ2) is 12.6. The number of hydrogen-bond donors (Lipinski definition) is 1. The van der Waals surface area contributed by atoms with Crippen molar-refractivity contribution >= 4 is 23.3 Å². The lowest BCUT2D eigenvalue weighted by molar-refractivity contribution is -0.146. The van der Waals surface area contributed by atoms with Gasteiger partial charge in [-0.3, -0.25) is 4.79 Å². The van der Waals surface area contributed by atoms with Gasteiger partial charge in [0.15, 0.2) is 0 Å². The van der Waals surface area contributed by atoms with Crippen molar-refractivity contribution in [3.8, 4) is 5.69 Å². The van der Waals surface area contributed by atoms with E-state index in [1.54, 1.807) is 0 Å². The summed E-state index contributed by atoms with van der Waals surface area (Å²) in [5, 5.41) is 3.43. The summed E-state index contributed by atoms with van der Waals surface area (Å²) in [5.41, 5.74) is 3.75. The van der Waals surface area contributed by atoms with Crippen LogP contribution in [0, 0.1) is 5.92 Å². The molecule has 5 rings (SSSR count). The number of hydrogen-bond acceptors (Lipinski definition) is 6. The van der Waals surface area contributed by atoms with Crippen LogP contribution >= 0.6 is 0 Å². The Morgan fingerprint density at radius 1 is 0.950 bits per heavy atom. The number of anilines is 1. The monoisotopic (exact) mass is 534 g/mol. The summed E-state index contributed by atoms with van der Waals surface area (Å²) < 4.78 is 7.20. The number of fused-ring (bicyclic) bond motifs is 1. The second-order valence-electron chi connectivity index (χ2n) is 9.95. The fraction of sp³-hybridized carbons (Fsp3) is 0.273. The summed E-state index contributed by atoms with van der Waals surface area (Å²) in [6.45, 7) is 4.75. The number of benzene rings is 3. The van der Waals surface area contributed by atoms with Crippen LogP contribution in [-0.2, 0) is 16.0 Å². The SMILES string of the molecule is CCCOC(=O)C1C(C)=Nc2c(c(NCCCc3ccccc3)nc(=O)n2-c2ccccc2)C1c1ccccc1. The maximum atomic E-state index is 13.5. The molecule has 0 fully saturated rings. The minimum absolute atomic E-state index is 0.324. The molecule has 0 radical (unpaired) electrons. The third-order valence-corrected chi connectivity index (χ3v) is 7.14. The van der Waals surface area contributed by atoms with Gasteiger partial charge in [-0.05, 0) is 49.4 Å². The van der Waals surface area contributed by atoms with Gasteiger partial charge in [-0.1, -0.05) is 85.8 Å². The molecule has 2 heterocycles. The van der Waals surface area contributed by atoms with Gasteiger partial charge < -0.3 is 10.1 Å². The fourth-order valence-electron chi connectivity index (χ4n) is 5.27. The van der Waals surface area contributed by atoms with Crippen LogP contribution in [-0.4, -0.2) is 34.4 Å². The van der Waals surface area contributed by atoms with Gasteiger partial charge in [0.05, 0.1) is 12.3 Å². The Morgan fingerprint density at radius 3 is 2.27 bits per heavy atom. The highest BCUT2D eigenvalue weighted by Crippen LogP contribution is 2.45. The third kappa shape index (κ3) is 5.73. The first-order valence-electron chi connectivity index (χ1n) is 13.9. The molecular weight excluding hydrogens is 500 g/mol. The van der Waals surface area contributed by atoms with E-state index in [0.717, 1.165) is 30.4 Å².